The summed E-state index contributed by atoms with van der Waals surface area (Å²) in [4.78, 5) is 5.14. The van der Waals surface area contributed by atoms with E-state index in [0.29, 0.717) is 0 Å². The molecule has 3 rings (SSSR count). The summed E-state index contributed by atoms with van der Waals surface area (Å²) in [5.74, 6) is 0.855. The van der Waals surface area contributed by atoms with Gasteiger partial charge in [-0.1, -0.05) is 49.4 Å². The highest BCUT2D eigenvalue weighted by Crippen LogP contribution is 2.19. The van der Waals surface area contributed by atoms with Gasteiger partial charge in [-0.05, 0) is 62.8 Å². The average Bonchev–Trinajstić information content (AvgIpc) is 2.79. The quantitative estimate of drug-likeness (QED) is 0.340. The molecule has 0 bridgehead atoms. The van der Waals surface area contributed by atoms with Crippen molar-refractivity contribution in [2.45, 2.75) is 45.4 Å². The van der Waals surface area contributed by atoms with Gasteiger partial charge in [0, 0.05) is 43.6 Å². The number of nitrogens with one attached hydrogen (secondary N) is 1. The second-order valence-electron chi connectivity index (χ2n) is 8.65. The lowest BCUT2D eigenvalue weighted by Crippen LogP contribution is -2.46. The van der Waals surface area contributed by atoms with Crippen LogP contribution >= 0.6 is 12.2 Å². The second kappa shape index (κ2) is 13.3. The summed E-state index contributed by atoms with van der Waals surface area (Å²) in [6.07, 6.45) is 7.55. The smallest absolute Gasteiger partial charge is 0.168 e. The largest absolute Gasteiger partial charge is 0.494 e. The first kappa shape index (κ1) is 24.3. The number of nitrogens with two attached hydrogens (primary N) is 1. The van der Waals surface area contributed by atoms with E-state index < -0.39 is 0 Å². The number of aryl methyl sites for hydroxylation is 1. The first-order valence-corrected chi connectivity index (χ1v) is 12.3. The van der Waals surface area contributed by atoms with Crippen LogP contribution in [0.5, 0.6) is 5.75 Å². The molecule has 0 saturated carbocycles. The number of piperazine rings is 1. The molecule has 0 unspecified atom stereocenters. The number of anilines is 2. The molecule has 1 aliphatic rings. The van der Waals surface area contributed by atoms with Crippen molar-refractivity contribution in [3.8, 4) is 5.75 Å². The van der Waals surface area contributed by atoms with Crippen LogP contribution in [0.25, 0.3) is 0 Å². The molecule has 2 aromatic carbocycles. The second-order valence-corrected chi connectivity index (χ2v) is 9.09. The maximum absolute atomic E-state index is 5.85. The Morgan fingerprint density at radius 1 is 0.938 bits per heavy atom. The lowest BCUT2D eigenvalue weighted by molar-refractivity contribution is 0.251. The van der Waals surface area contributed by atoms with Crippen LogP contribution in [0.2, 0.25) is 0 Å². The van der Waals surface area contributed by atoms with Crippen molar-refractivity contribution in [2.24, 2.45) is 5.73 Å². The molecule has 3 N–H and O–H groups in total. The Hall–Kier alpha value is -2.31. The molecular formula is C26H38N4OS. The monoisotopic (exact) mass is 454 g/mol. The Morgan fingerprint density at radius 2 is 1.62 bits per heavy atom. The molecule has 1 aliphatic heterocycles. The van der Waals surface area contributed by atoms with Crippen LogP contribution in [0.3, 0.4) is 0 Å². The third kappa shape index (κ3) is 8.67. The Kier molecular flexibility index (Phi) is 10.1. The van der Waals surface area contributed by atoms with Crippen molar-refractivity contribution in [3.63, 3.8) is 0 Å². The van der Waals surface area contributed by atoms with E-state index in [1.54, 1.807) is 0 Å². The molecule has 0 aromatic heterocycles. The molecule has 0 atom stereocenters. The molecular weight excluding hydrogens is 416 g/mol. The van der Waals surface area contributed by atoms with E-state index in [2.05, 4.69) is 46.3 Å². The van der Waals surface area contributed by atoms with Crippen LogP contribution in [-0.4, -0.2) is 49.3 Å². The van der Waals surface area contributed by atoms with Gasteiger partial charge in [-0.25, -0.2) is 0 Å². The molecule has 1 saturated heterocycles. The number of ether oxygens (including phenoxy) is 1. The highest BCUT2D eigenvalue weighted by atomic mass is 32.1. The molecule has 5 nitrogen and oxygen atoms in total. The van der Waals surface area contributed by atoms with Crippen LogP contribution < -0.4 is 20.7 Å². The fraction of sp³-hybridized carbons (Fsp3) is 0.500. The number of hydrogen-bond acceptors (Lipinski definition) is 4. The van der Waals surface area contributed by atoms with Gasteiger partial charge in [-0.2, -0.15) is 0 Å². The van der Waals surface area contributed by atoms with Crippen molar-refractivity contribution in [2.75, 3.05) is 49.5 Å². The highest BCUT2D eigenvalue weighted by Gasteiger charge is 2.16. The summed E-state index contributed by atoms with van der Waals surface area (Å²) < 4.78 is 5.85. The van der Waals surface area contributed by atoms with Crippen molar-refractivity contribution < 1.29 is 4.74 Å². The van der Waals surface area contributed by atoms with Crippen LogP contribution in [0.4, 0.5) is 11.4 Å². The van der Waals surface area contributed by atoms with E-state index in [9.17, 15) is 0 Å². The third-order valence-corrected chi connectivity index (χ3v) is 6.11. The lowest BCUT2D eigenvalue weighted by atomic mass is 10.1. The number of thiocarbonyl (C=S) groups is 1. The summed E-state index contributed by atoms with van der Waals surface area (Å²) in [5.41, 5.74) is 9.07. The molecule has 0 amide bonds. The predicted octanol–water partition coefficient (Wildman–Crippen LogP) is 5.19. The molecule has 1 fully saturated rings. The van der Waals surface area contributed by atoms with Gasteiger partial charge in [0.05, 0.1) is 6.61 Å². The number of unbranched alkanes of at least 4 members (excludes halogenated alkanes) is 5. The van der Waals surface area contributed by atoms with E-state index in [1.165, 1.54) is 63.0 Å². The Labute approximate surface area is 198 Å². The molecule has 0 spiro atoms. The number of benzene rings is 2. The van der Waals surface area contributed by atoms with Gasteiger partial charge < -0.3 is 20.7 Å². The first-order chi connectivity index (χ1) is 15.6. The fourth-order valence-corrected chi connectivity index (χ4v) is 4.24. The highest BCUT2D eigenvalue weighted by molar-refractivity contribution is 7.80. The summed E-state index contributed by atoms with van der Waals surface area (Å²) >= 11 is 4.87. The topological polar surface area (TPSA) is 53.8 Å². The zero-order valence-corrected chi connectivity index (χ0v) is 20.2. The fourth-order valence-electron chi connectivity index (χ4n) is 4.13. The minimum Gasteiger partial charge on any atom is -0.494 e. The summed E-state index contributed by atoms with van der Waals surface area (Å²) in [6.45, 7) is 8.78. The van der Waals surface area contributed by atoms with Gasteiger partial charge in [0.2, 0.25) is 0 Å². The van der Waals surface area contributed by atoms with Crippen molar-refractivity contribution >= 4 is 28.7 Å². The molecule has 0 aliphatic carbocycles. The third-order valence-electron chi connectivity index (χ3n) is 6.01. The maximum Gasteiger partial charge on any atom is 0.168 e. The Bertz CT molecular complexity index is 819. The van der Waals surface area contributed by atoms with Gasteiger partial charge >= 0.3 is 0 Å². The van der Waals surface area contributed by atoms with E-state index >= 15 is 0 Å². The van der Waals surface area contributed by atoms with Crippen LogP contribution in [-0.2, 0) is 0 Å². The molecule has 6 heteroatoms. The number of nitrogens with zero attached hydrogens (tertiary/aromatic N) is 2. The van der Waals surface area contributed by atoms with Crippen LogP contribution in [0.1, 0.15) is 44.1 Å². The van der Waals surface area contributed by atoms with Gasteiger partial charge in [0.25, 0.3) is 0 Å². The van der Waals surface area contributed by atoms with Crippen molar-refractivity contribution in [1.29, 1.82) is 0 Å². The Balaban J connectivity index is 1.17. The lowest BCUT2D eigenvalue weighted by Gasteiger charge is -2.36. The van der Waals surface area contributed by atoms with Crippen LogP contribution in [0.15, 0.2) is 48.5 Å². The minimum atomic E-state index is 0.270. The first-order valence-electron chi connectivity index (χ1n) is 11.9. The predicted molar refractivity (Wildman–Crippen MR) is 140 cm³/mol. The molecule has 2 aromatic rings. The van der Waals surface area contributed by atoms with E-state index in [0.717, 1.165) is 37.6 Å². The molecule has 32 heavy (non-hydrogen) atoms. The van der Waals surface area contributed by atoms with Gasteiger partial charge in [0.15, 0.2) is 5.11 Å². The summed E-state index contributed by atoms with van der Waals surface area (Å²) in [7, 11) is 0. The zero-order chi connectivity index (χ0) is 22.6. The SMILES string of the molecule is Cc1ccc(N2CCN(CCCCCCCCOc3cccc(NC(N)=S)c3)CC2)cc1. The molecule has 174 valence electrons. The number of rotatable bonds is 12. The summed E-state index contributed by atoms with van der Waals surface area (Å²) in [6, 6.07) is 16.7. The van der Waals surface area contributed by atoms with Crippen molar-refractivity contribution in [3.05, 3.63) is 54.1 Å². The molecule has 0 radical (unpaired) electrons. The summed E-state index contributed by atoms with van der Waals surface area (Å²) in [5, 5.41) is 3.20. The number of hydrogen-bond donors (Lipinski definition) is 2. The molecule has 1 heterocycles. The maximum atomic E-state index is 5.85. The van der Waals surface area contributed by atoms with E-state index in [4.69, 9.17) is 22.7 Å². The standard InChI is InChI=1S/C26H38N4OS/c1-22-11-13-24(14-12-22)30-18-16-29(17-19-30)15-6-4-2-3-5-7-20-31-25-10-8-9-23(21-25)28-26(27)32/h8-14,21H,2-7,15-20H2,1H3,(H3,27,28,32). The normalized spacial score (nSPS) is 14.3. The van der Waals surface area contributed by atoms with E-state index in [1.807, 2.05) is 24.3 Å². The van der Waals surface area contributed by atoms with Gasteiger partial charge in [-0.3, -0.25) is 4.90 Å². The zero-order valence-electron chi connectivity index (χ0n) is 19.4. The van der Waals surface area contributed by atoms with E-state index in [-0.39, 0.29) is 5.11 Å². The average molecular weight is 455 g/mol. The minimum absolute atomic E-state index is 0.270. The Morgan fingerprint density at radius 3 is 2.34 bits per heavy atom. The van der Waals surface area contributed by atoms with Crippen LogP contribution in [0, 0.1) is 6.92 Å². The van der Waals surface area contributed by atoms with Gasteiger partial charge in [-0.15, -0.1) is 0 Å². The van der Waals surface area contributed by atoms with Gasteiger partial charge in [0.1, 0.15) is 5.75 Å². The van der Waals surface area contributed by atoms with Crippen molar-refractivity contribution in [1.82, 2.24) is 4.90 Å².